The van der Waals surface area contributed by atoms with Crippen molar-refractivity contribution in [3.8, 4) is 11.5 Å². The van der Waals surface area contributed by atoms with Gasteiger partial charge in [0.25, 0.3) is 0 Å². The largest absolute Gasteiger partial charge is 0.497 e. The predicted octanol–water partition coefficient (Wildman–Crippen LogP) is 3.87. The van der Waals surface area contributed by atoms with Crippen molar-refractivity contribution in [2.24, 2.45) is 0 Å². The number of aliphatic hydroxyl groups is 1. The molecule has 2 aromatic carbocycles. The molecular weight excluding hydrogens is 264 g/mol. The fourth-order valence-electron chi connectivity index (χ4n) is 2.95. The summed E-state index contributed by atoms with van der Waals surface area (Å²) in [6.07, 6.45) is -0.0638. The van der Waals surface area contributed by atoms with Gasteiger partial charge in [0, 0.05) is 18.1 Å². The third-order valence-electron chi connectivity index (χ3n) is 3.90. The molecule has 0 aromatic heterocycles. The van der Waals surface area contributed by atoms with Gasteiger partial charge in [-0.15, -0.1) is 0 Å². The van der Waals surface area contributed by atoms with Crippen LogP contribution in [0.5, 0.6) is 11.5 Å². The summed E-state index contributed by atoms with van der Waals surface area (Å²) in [5.41, 5.74) is 4.36. The average Bonchev–Trinajstić information content (AvgIpc) is 2.45. The summed E-state index contributed by atoms with van der Waals surface area (Å²) < 4.78 is 11.3. The van der Waals surface area contributed by atoms with E-state index in [2.05, 4.69) is 32.0 Å². The van der Waals surface area contributed by atoms with Crippen LogP contribution in [0.1, 0.15) is 40.9 Å². The highest BCUT2D eigenvalue weighted by Gasteiger charge is 2.28. The Hall–Kier alpha value is -2.00. The summed E-state index contributed by atoms with van der Waals surface area (Å²) >= 11 is 0. The topological polar surface area (TPSA) is 38.7 Å². The molecule has 2 atom stereocenters. The van der Waals surface area contributed by atoms with Gasteiger partial charge >= 0.3 is 0 Å². The number of hydrogen-bond donors (Lipinski definition) is 1. The number of benzene rings is 2. The molecule has 1 aliphatic heterocycles. The van der Waals surface area contributed by atoms with Crippen LogP contribution in [-0.4, -0.2) is 12.2 Å². The van der Waals surface area contributed by atoms with Gasteiger partial charge < -0.3 is 14.6 Å². The van der Waals surface area contributed by atoms with Gasteiger partial charge in [-0.25, -0.2) is 0 Å². The van der Waals surface area contributed by atoms with E-state index in [-0.39, 0.29) is 6.10 Å². The summed E-state index contributed by atoms with van der Waals surface area (Å²) in [7, 11) is 1.63. The van der Waals surface area contributed by atoms with Crippen LogP contribution in [-0.2, 0) is 0 Å². The van der Waals surface area contributed by atoms with Crippen LogP contribution in [0.15, 0.2) is 36.4 Å². The molecule has 3 rings (SSSR count). The summed E-state index contributed by atoms with van der Waals surface area (Å²) in [5, 5.41) is 10.4. The van der Waals surface area contributed by atoms with Crippen molar-refractivity contribution >= 4 is 0 Å². The maximum Gasteiger partial charge on any atom is 0.129 e. The van der Waals surface area contributed by atoms with Gasteiger partial charge in [0.15, 0.2) is 0 Å². The Morgan fingerprint density at radius 3 is 2.48 bits per heavy atom. The minimum absolute atomic E-state index is 0.127. The number of rotatable bonds is 2. The fourth-order valence-corrected chi connectivity index (χ4v) is 2.95. The first-order chi connectivity index (χ1) is 10.1. The van der Waals surface area contributed by atoms with E-state index in [0.29, 0.717) is 12.2 Å². The lowest BCUT2D eigenvalue weighted by molar-refractivity contribution is 0.0654. The summed E-state index contributed by atoms with van der Waals surface area (Å²) in [5.74, 6) is 1.44. The second kappa shape index (κ2) is 5.41. The van der Waals surface area contributed by atoms with Crippen LogP contribution >= 0.6 is 0 Å². The van der Waals surface area contributed by atoms with Crippen molar-refractivity contribution in [3.05, 3.63) is 58.7 Å². The van der Waals surface area contributed by atoms with E-state index in [1.54, 1.807) is 7.11 Å². The van der Waals surface area contributed by atoms with E-state index < -0.39 is 6.10 Å². The van der Waals surface area contributed by atoms with Crippen LogP contribution in [0.3, 0.4) is 0 Å². The van der Waals surface area contributed by atoms with Gasteiger partial charge in [0.1, 0.15) is 17.6 Å². The standard InChI is InChI=1S/C18H20O3/c1-11-6-12(2)8-13(7-11)17-10-16(19)15-5-4-14(20-3)9-18(15)21-17/h4-9,16-17,19H,10H2,1-3H3/t16-,17?/m0/s1. The zero-order valence-electron chi connectivity index (χ0n) is 12.6. The molecule has 1 aliphatic rings. The Kier molecular flexibility index (Phi) is 3.60. The van der Waals surface area contributed by atoms with Crippen molar-refractivity contribution in [2.45, 2.75) is 32.5 Å². The van der Waals surface area contributed by atoms with Crippen molar-refractivity contribution in [2.75, 3.05) is 7.11 Å². The van der Waals surface area contributed by atoms with Gasteiger partial charge in [-0.2, -0.15) is 0 Å². The number of methoxy groups -OCH3 is 1. The third-order valence-corrected chi connectivity index (χ3v) is 3.90. The summed E-state index contributed by atoms with van der Waals surface area (Å²) in [6, 6.07) is 11.9. The molecular formula is C18H20O3. The first-order valence-electron chi connectivity index (χ1n) is 7.17. The maximum atomic E-state index is 10.4. The fraction of sp³-hybridized carbons (Fsp3) is 0.333. The van der Waals surface area contributed by atoms with Gasteiger partial charge in [0.2, 0.25) is 0 Å². The van der Waals surface area contributed by atoms with E-state index in [0.717, 1.165) is 16.9 Å². The molecule has 1 unspecified atom stereocenters. The van der Waals surface area contributed by atoms with Crippen LogP contribution in [0.4, 0.5) is 0 Å². The third kappa shape index (κ3) is 2.74. The highest BCUT2D eigenvalue weighted by molar-refractivity contribution is 5.44. The lowest BCUT2D eigenvalue weighted by atomic mass is 9.93. The highest BCUT2D eigenvalue weighted by Crippen LogP contribution is 2.42. The predicted molar refractivity (Wildman–Crippen MR) is 81.9 cm³/mol. The molecule has 0 radical (unpaired) electrons. The van der Waals surface area contributed by atoms with Crippen LogP contribution in [0.25, 0.3) is 0 Å². The first-order valence-corrected chi connectivity index (χ1v) is 7.17. The smallest absolute Gasteiger partial charge is 0.129 e. The van der Waals surface area contributed by atoms with Crippen LogP contribution in [0.2, 0.25) is 0 Å². The highest BCUT2D eigenvalue weighted by atomic mass is 16.5. The summed E-state index contributed by atoms with van der Waals surface area (Å²) in [6.45, 7) is 4.15. The second-order valence-corrected chi connectivity index (χ2v) is 5.68. The zero-order valence-corrected chi connectivity index (χ0v) is 12.6. The molecule has 3 heteroatoms. The molecule has 0 fully saturated rings. The van der Waals surface area contributed by atoms with E-state index in [4.69, 9.17) is 9.47 Å². The van der Waals surface area contributed by atoms with Crippen molar-refractivity contribution < 1.29 is 14.6 Å². The Bertz CT molecular complexity index is 643. The summed E-state index contributed by atoms with van der Waals surface area (Å²) in [4.78, 5) is 0. The normalized spacial score (nSPS) is 20.6. The molecule has 3 nitrogen and oxygen atoms in total. The zero-order chi connectivity index (χ0) is 15.0. The van der Waals surface area contributed by atoms with Crippen molar-refractivity contribution in [1.82, 2.24) is 0 Å². The number of fused-ring (bicyclic) bond motifs is 1. The molecule has 0 spiro atoms. The van der Waals surface area contributed by atoms with Gasteiger partial charge in [0.05, 0.1) is 13.2 Å². The Morgan fingerprint density at radius 2 is 1.81 bits per heavy atom. The molecule has 110 valence electrons. The van der Waals surface area contributed by atoms with E-state index in [1.165, 1.54) is 11.1 Å². The molecule has 0 saturated carbocycles. The van der Waals surface area contributed by atoms with E-state index in [9.17, 15) is 5.11 Å². The van der Waals surface area contributed by atoms with Gasteiger partial charge in [-0.3, -0.25) is 0 Å². The number of aryl methyl sites for hydroxylation is 2. The molecule has 0 aliphatic carbocycles. The molecule has 0 amide bonds. The van der Waals surface area contributed by atoms with E-state index in [1.807, 2.05) is 18.2 Å². The van der Waals surface area contributed by atoms with Crippen molar-refractivity contribution in [1.29, 1.82) is 0 Å². The molecule has 21 heavy (non-hydrogen) atoms. The van der Waals surface area contributed by atoms with Crippen LogP contribution in [0, 0.1) is 13.8 Å². The molecule has 0 saturated heterocycles. The van der Waals surface area contributed by atoms with E-state index >= 15 is 0 Å². The average molecular weight is 284 g/mol. The minimum Gasteiger partial charge on any atom is -0.497 e. The molecule has 1 N–H and O–H groups in total. The van der Waals surface area contributed by atoms with Crippen LogP contribution < -0.4 is 9.47 Å². The number of aliphatic hydroxyl groups excluding tert-OH is 1. The molecule has 1 heterocycles. The molecule has 2 aromatic rings. The first kappa shape index (κ1) is 14.0. The Labute approximate surface area is 125 Å². The second-order valence-electron chi connectivity index (χ2n) is 5.68. The minimum atomic E-state index is -0.509. The molecule has 0 bridgehead atoms. The Morgan fingerprint density at radius 1 is 1.10 bits per heavy atom. The SMILES string of the molecule is COc1ccc2c(c1)OC(c1cc(C)cc(C)c1)C[C@@H]2O. The Balaban J connectivity index is 1.96. The van der Waals surface area contributed by atoms with Gasteiger partial charge in [-0.1, -0.05) is 29.3 Å². The lowest BCUT2D eigenvalue weighted by Crippen LogP contribution is -2.19. The maximum absolute atomic E-state index is 10.4. The number of hydrogen-bond acceptors (Lipinski definition) is 3. The monoisotopic (exact) mass is 284 g/mol. The number of ether oxygens (including phenoxy) is 2. The van der Waals surface area contributed by atoms with Gasteiger partial charge in [-0.05, 0) is 31.5 Å². The quantitative estimate of drug-likeness (QED) is 0.910. The van der Waals surface area contributed by atoms with Crippen molar-refractivity contribution in [3.63, 3.8) is 0 Å². The lowest BCUT2D eigenvalue weighted by Gasteiger charge is -2.30.